The Hall–Kier alpha value is -5.50. The molecule has 8 heteroatoms. The highest BCUT2D eigenvalue weighted by Crippen LogP contribution is 2.55. The Morgan fingerprint density at radius 1 is 0.477 bits per heavy atom. The highest BCUT2D eigenvalue weighted by Gasteiger charge is 2.40. The molecule has 2 heterocycles. The summed E-state index contributed by atoms with van der Waals surface area (Å²) in [4.78, 5) is 27.2. The fraction of sp³-hybridized carbons (Fsp3) is 0.167. The van der Waals surface area contributed by atoms with E-state index in [2.05, 4.69) is 67.8 Å². The molecule has 7 rings (SSSR count). The lowest BCUT2D eigenvalue weighted by atomic mass is 9.73. The van der Waals surface area contributed by atoms with Crippen molar-refractivity contribution in [1.82, 2.24) is 0 Å². The van der Waals surface area contributed by atoms with E-state index in [4.69, 9.17) is 0 Å². The molecule has 0 fully saturated rings. The zero-order chi connectivity index (χ0) is 31.0. The number of para-hydroxylation sites is 2. The van der Waals surface area contributed by atoms with Crippen LogP contribution in [0.15, 0.2) is 109 Å². The summed E-state index contributed by atoms with van der Waals surface area (Å²) in [5.41, 5.74) is 8.65. The van der Waals surface area contributed by atoms with Crippen molar-refractivity contribution in [2.75, 3.05) is 9.80 Å². The standard InChI is InChI=1S/C36H30N4O4/c1-35(2)27-12-5-7-14-31(27)37(33-18-16-25(39(41)42)21-29(33)35)23-10-9-11-24(20-23)38-32-15-8-6-13-28(32)36(3,4)30-22-26(40(43)44)17-19-34(30)38/h5-22H,1-4H3. The van der Waals surface area contributed by atoms with E-state index in [1.165, 1.54) is 0 Å². The minimum Gasteiger partial charge on any atom is -0.310 e. The second kappa shape index (κ2) is 9.50. The van der Waals surface area contributed by atoms with E-state index in [1.807, 2.05) is 54.6 Å². The number of anilines is 6. The van der Waals surface area contributed by atoms with Crippen LogP contribution in [0.25, 0.3) is 0 Å². The molecule has 8 nitrogen and oxygen atoms in total. The number of nitrogens with zero attached hydrogens (tertiary/aromatic N) is 4. The fourth-order valence-corrected chi connectivity index (χ4v) is 6.94. The molecular weight excluding hydrogens is 552 g/mol. The van der Waals surface area contributed by atoms with E-state index in [9.17, 15) is 20.2 Å². The summed E-state index contributed by atoms with van der Waals surface area (Å²) < 4.78 is 0. The molecule has 44 heavy (non-hydrogen) atoms. The van der Waals surface area contributed by atoms with E-state index < -0.39 is 10.8 Å². The summed E-state index contributed by atoms with van der Waals surface area (Å²) in [6, 6.07) is 34.7. The van der Waals surface area contributed by atoms with Crippen LogP contribution in [0.3, 0.4) is 0 Å². The van der Waals surface area contributed by atoms with Gasteiger partial charge in [-0.05, 0) is 64.7 Å². The number of non-ortho nitro benzene ring substituents is 2. The predicted octanol–water partition coefficient (Wildman–Crippen LogP) is 9.72. The largest absolute Gasteiger partial charge is 0.310 e. The summed E-state index contributed by atoms with van der Waals surface area (Å²) in [5, 5.41) is 23.5. The molecule has 0 spiro atoms. The van der Waals surface area contributed by atoms with Crippen LogP contribution in [0, 0.1) is 20.2 Å². The number of rotatable bonds is 4. The maximum Gasteiger partial charge on any atom is 0.269 e. The van der Waals surface area contributed by atoms with Gasteiger partial charge in [-0.25, -0.2) is 0 Å². The first-order valence-electron chi connectivity index (χ1n) is 14.5. The summed E-state index contributed by atoms with van der Waals surface area (Å²) >= 11 is 0. The number of fused-ring (bicyclic) bond motifs is 4. The molecular formula is C36H30N4O4. The lowest BCUT2D eigenvalue weighted by Crippen LogP contribution is -2.31. The Morgan fingerprint density at radius 3 is 1.27 bits per heavy atom. The van der Waals surface area contributed by atoms with Crippen molar-refractivity contribution in [3.05, 3.63) is 152 Å². The van der Waals surface area contributed by atoms with Gasteiger partial charge in [0.2, 0.25) is 0 Å². The molecule has 0 saturated carbocycles. The first-order chi connectivity index (χ1) is 21.0. The zero-order valence-corrected chi connectivity index (χ0v) is 24.8. The molecule has 2 aliphatic rings. The second-order valence-corrected chi connectivity index (χ2v) is 12.4. The van der Waals surface area contributed by atoms with Gasteiger partial charge in [0, 0.05) is 46.5 Å². The van der Waals surface area contributed by atoms with Gasteiger partial charge in [-0.3, -0.25) is 20.2 Å². The van der Waals surface area contributed by atoms with Crippen molar-refractivity contribution in [2.24, 2.45) is 0 Å². The van der Waals surface area contributed by atoms with Gasteiger partial charge < -0.3 is 9.80 Å². The molecule has 0 bridgehead atoms. The fourth-order valence-electron chi connectivity index (χ4n) is 6.94. The Balaban J connectivity index is 1.45. The molecule has 0 atom stereocenters. The number of nitro benzene ring substituents is 2. The van der Waals surface area contributed by atoms with Crippen molar-refractivity contribution in [2.45, 2.75) is 38.5 Å². The van der Waals surface area contributed by atoms with Crippen LogP contribution in [0.1, 0.15) is 49.9 Å². The normalized spacial score (nSPS) is 15.5. The molecule has 5 aromatic carbocycles. The Bertz CT molecular complexity index is 1880. The van der Waals surface area contributed by atoms with Gasteiger partial charge in [-0.2, -0.15) is 0 Å². The summed E-state index contributed by atoms with van der Waals surface area (Å²) in [7, 11) is 0. The van der Waals surface area contributed by atoms with Gasteiger partial charge in [-0.15, -0.1) is 0 Å². The van der Waals surface area contributed by atoms with Gasteiger partial charge >= 0.3 is 0 Å². The third-order valence-corrected chi connectivity index (χ3v) is 9.19. The van der Waals surface area contributed by atoms with Crippen LogP contribution in [-0.2, 0) is 10.8 Å². The highest BCUT2D eigenvalue weighted by molar-refractivity contribution is 5.91. The van der Waals surface area contributed by atoms with Crippen LogP contribution in [0.5, 0.6) is 0 Å². The van der Waals surface area contributed by atoms with Gasteiger partial charge in [0.1, 0.15) is 0 Å². The number of hydrogen-bond acceptors (Lipinski definition) is 6. The van der Waals surface area contributed by atoms with E-state index in [0.29, 0.717) is 0 Å². The lowest BCUT2D eigenvalue weighted by molar-refractivity contribution is -0.385. The first kappa shape index (κ1) is 27.3. The SMILES string of the molecule is CC1(C)c2ccccc2N(c2cccc(N3c4ccccc4C(C)(C)c4cc([N+](=O)[O-])ccc43)c2)c2ccc([N+](=O)[O-])cc21. The lowest BCUT2D eigenvalue weighted by Gasteiger charge is -2.43. The predicted molar refractivity (Wildman–Crippen MR) is 173 cm³/mol. The van der Waals surface area contributed by atoms with Crippen LogP contribution < -0.4 is 9.80 Å². The average molecular weight is 583 g/mol. The Morgan fingerprint density at radius 2 is 0.864 bits per heavy atom. The van der Waals surface area contributed by atoms with Crippen molar-refractivity contribution in [3.63, 3.8) is 0 Å². The highest BCUT2D eigenvalue weighted by atomic mass is 16.6. The minimum absolute atomic E-state index is 0.0585. The summed E-state index contributed by atoms with van der Waals surface area (Å²) in [6.07, 6.45) is 0. The smallest absolute Gasteiger partial charge is 0.269 e. The van der Waals surface area contributed by atoms with Crippen molar-refractivity contribution < 1.29 is 9.85 Å². The second-order valence-electron chi connectivity index (χ2n) is 12.4. The van der Waals surface area contributed by atoms with Gasteiger partial charge in [-0.1, -0.05) is 70.2 Å². The quantitative estimate of drug-likeness (QED) is 0.155. The average Bonchev–Trinajstić information content (AvgIpc) is 3.01. The molecule has 0 aromatic heterocycles. The van der Waals surface area contributed by atoms with Crippen LogP contribution >= 0.6 is 0 Å². The summed E-state index contributed by atoms with van der Waals surface area (Å²) in [6.45, 7) is 8.41. The van der Waals surface area contributed by atoms with Crippen LogP contribution in [-0.4, -0.2) is 9.85 Å². The molecule has 0 unspecified atom stereocenters. The maximum absolute atomic E-state index is 11.8. The molecule has 5 aromatic rings. The van der Waals surface area contributed by atoms with Gasteiger partial charge in [0.15, 0.2) is 0 Å². The number of nitro groups is 2. The number of hydrogen-bond donors (Lipinski definition) is 0. The maximum atomic E-state index is 11.8. The molecule has 0 radical (unpaired) electrons. The van der Waals surface area contributed by atoms with E-state index in [-0.39, 0.29) is 21.2 Å². The first-order valence-corrected chi connectivity index (χ1v) is 14.5. The Labute approximate surface area is 255 Å². The van der Waals surface area contributed by atoms with E-state index >= 15 is 0 Å². The molecule has 0 amide bonds. The molecule has 0 N–H and O–H groups in total. The zero-order valence-electron chi connectivity index (χ0n) is 24.8. The molecule has 0 saturated heterocycles. The molecule has 218 valence electrons. The van der Waals surface area contributed by atoms with Crippen LogP contribution in [0.4, 0.5) is 45.5 Å². The van der Waals surface area contributed by atoms with Gasteiger partial charge in [0.25, 0.3) is 11.4 Å². The van der Waals surface area contributed by atoms with Crippen molar-refractivity contribution >= 4 is 45.5 Å². The minimum atomic E-state index is -0.461. The van der Waals surface area contributed by atoms with Crippen molar-refractivity contribution in [1.29, 1.82) is 0 Å². The third-order valence-electron chi connectivity index (χ3n) is 9.19. The van der Waals surface area contributed by atoms with Crippen LogP contribution in [0.2, 0.25) is 0 Å². The topological polar surface area (TPSA) is 92.8 Å². The van der Waals surface area contributed by atoms with E-state index in [0.717, 1.165) is 56.4 Å². The third kappa shape index (κ3) is 3.91. The summed E-state index contributed by atoms with van der Waals surface area (Å²) in [5.74, 6) is 0. The molecule has 0 aliphatic carbocycles. The Kier molecular flexibility index (Phi) is 5.91. The molecule has 2 aliphatic heterocycles. The van der Waals surface area contributed by atoms with Crippen molar-refractivity contribution in [3.8, 4) is 0 Å². The van der Waals surface area contributed by atoms with E-state index in [1.54, 1.807) is 24.3 Å². The van der Waals surface area contributed by atoms with Gasteiger partial charge in [0.05, 0.1) is 32.6 Å². The monoisotopic (exact) mass is 582 g/mol. The number of benzene rings is 5.